The van der Waals surface area contributed by atoms with Gasteiger partial charge in [0.25, 0.3) is 5.91 Å². The molecule has 1 aromatic carbocycles. The molecule has 188 valence electrons. The molecule has 0 unspecified atom stereocenters. The number of alkyl halides is 3. The highest BCUT2D eigenvalue weighted by atomic mass is 19.4. The van der Waals surface area contributed by atoms with Crippen LogP contribution in [0.25, 0.3) is 0 Å². The predicted octanol–water partition coefficient (Wildman–Crippen LogP) is 2.21. The zero-order chi connectivity index (χ0) is 25.5. The number of halogens is 3. The molecule has 7 nitrogen and oxygen atoms in total. The normalized spacial score (nSPS) is 27.4. The lowest BCUT2D eigenvalue weighted by Gasteiger charge is -2.31. The Labute approximate surface area is 201 Å². The molecule has 3 aliphatic rings. The van der Waals surface area contributed by atoms with Crippen molar-refractivity contribution in [2.75, 3.05) is 19.7 Å². The highest BCUT2D eigenvalue weighted by molar-refractivity contribution is 5.90. The van der Waals surface area contributed by atoms with Crippen molar-refractivity contribution >= 4 is 17.7 Å². The first-order valence-electron chi connectivity index (χ1n) is 11.6. The van der Waals surface area contributed by atoms with E-state index in [4.69, 9.17) is 11.2 Å². The number of piperidine rings is 1. The van der Waals surface area contributed by atoms with E-state index in [2.05, 4.69) is 16.6 Å². The van der Waals surface area contributed by atoms with E-state index in [0.29, 0.717) is 25.9 Å². The average Bonchev–Trinajstić information content (AvgIpc) is 3.16. The fourth-order valence-corrected chi connectivity index (χ4v) is 5.39. The van der Waals surface area contributed by atoms with Gasteiger partial charge in [-0.05, 0) is 54.4 Å². The third kappa shape index (κ3) is 4.95. The number of hydrogen-bond donors (Lipinski definition) is 2. The highest BCUT2D eigenvalue weighted by Gasteiger charge is 2.69. The molecule has 35 heavy (non-hydrogen) atoms. The van der Waals surface area contributed by atoms with Crippen LogP contribution in [0.3, 0.4) is 0 Å². The Kier molecular flexibility index (Phi) is 6.47. The highest BCUT2D eigenvalue weighted by Crippen LogP contribution is 2.64. The maximum Gasteiger partial charge on any atom is 0.416 e. The molecule has 4 rings (SSSR count). The minimum atomic E-state index is -4.46. The van der Waals surface area contributed by atoms with Gasteiger partial charge in [-0.1, -0.05) is 19.8 Å². The average molecular weight is 492 g/mol. The lowest BCUT2D eigenvalue weighted by Crippen LogP contribution is -2.53. The van der Waals surface area contributed by atoms with E-state index in [1.165, 1.54) is 4.90 Å². The van der Waals surface area contributed by atoms with E-state index in [1.807, 2.05) is 13.8 Å². The molecule has 10 heteroatoms. The monoisotopic (exact) mass is 491 g/mol. The van der Waals surface area contributed by atoms with Crippen LogP contribution in [-0.2, 0) is 20.6 Å². The zero-order valence-corrected chi connectivity index (χ0v) is 19.5. The van der Waals surface area contributed by atoms with Gasteiger partial charge in [-0.3, -0.25) is 14.4 Å². The Morgan fingerprint density at radius 1 is 1.31 bits per heavy atom. The summed E-state index contributed by atoms with van der Waals surface area (Å²) in [4.78, 5) is 39.6. The van der Waals surface area contributed by atoms with E-state index >= 15 is 0 Å². The summed E-state index contributed by atoms with van der Waals surface area (Å²) >= 11 is 0. The van der Waals surface area contributed by atoms with Crippen LogP contribution in [0.5, 0.6) is 5.75 Å². The lowest BCUT2D eigenvalue weighted by atomic mass is 9.97. The van der Waals surface area contributed by atoms with E-state index in [1.54, 1.807) is 0 Å². The summed E-state index contributed by atoms with van der Waals surface area (Å²) in [5, 5.41) is 5.58. The number of fused-ring (bicyclic) bond motifs is 1. The molecule has 2 N–H and O–H groups in total. The molecule has 1 saturated carbocycles. The molecule has 0 aromatic heterocycles. The summed E-state index contributed by atoms with van der Waals surface area (Å²) in [6.07, 6.45) is 2.13. The molecule has 0 radical (unpaired) electrons. The van der Waals surface area contributed by atoms with Crippen molar-refractivity contribution in [1.82, 2.24) is 15.5 Å². The van der Waals surface area contributed by atoms with Crippen molar-refractivity contribution in [1.29, 1.82) is 0 Å². The molecule has 2 saturated heterocycles. The number of nitrogens with zero attached hydrogens (tertiary/aromatic N) is 1. The van der Waals surface area contributed by atoms with Crippen LogP contribution in [0.15, 0.2) is 24.3 Å². The van der Waals surface area contributed by atoms with Gasteiger partial charge < -0.3 is 20.3 Å². The topological polar surface area (TPSA) is 87.7 Å². The van der Waals surface area contributed by atoms with Crippen LogP contribution in [0.1, 0.15) is 32.3 Å². The number of amides is 3. The summed E-state index contributed by atoms with van der Waals surface area (Å²) in [6.45, 7) is 4.65. The third-order valence-electron chi connectivity index (χ3n) is 7.54. The summed E-state index contributed by atoms with van der Waals surface area (Å²) in [5.41, 5.74) is -0.919. The fraction of sp³-hybridized carbons (Fsp3) is 0.560. The van der Waals surface area contributed by atoms with E-state index in [9.17, 15) is 27.6 Å². The van der Waals surface area contributed by atoms with Gasteiger partial charge in [0.1, 0.15) is 11.8 Å². The van der Waals surface area contributed by atoms with Gasteiger partial charge in [0, 0.05) is 19.0 Å². The molecular weight excluding hydrogens is 463 g/mol. The van der Waals surface area contributed by atoms with Gasteiger partial charge in [-0.25, -0.2) is 0 Å². The number of carbonyl (C=O) groups is 3. The SMILES string of the molecule is C#C[C@H](C[C@@H]1CCNC1=O)NC(=O)[C@@H]1[C@@H]2[C@H](CN1C(=O)COc1ccc(C(F)(F)F)cc1)C2(C)C. The first-order chi connectivity index (χ1) is 16.4. The summed E-state index contributed by atoms with van der Waals surface area (Å²) in [6, 6.07) is 2.70. The summed E-state index contributed by atoms with van der Waals surface area (Å²) in [5.74, 6) is 1.63. The van der Waals surface area contributed by atoms with Crippen LogP contribution in [0.2, 0.25) is 0 Å². The smallest absolute Gasteiger partial charge is 0.416 e. The van der Waals surface area contributed by atoms with Crippen LogP contribution in [-0.4, -0.2) is 54.4 Å². The molecule has 3 amide bonds. The Morgan fingerprint density at radius 3 is 2.57 bits per heavy atom. The van der Waals surface area contributed by atoms with Crippen molar-refractivity contribution in [3.8, 4) is 18.1 Å². The second kappa shape index (κ2) is 9.10. The fourth-order valence-electron chi connectivity index (χ4n) is 5.39. The van der Waals surface area contributed by atoms with Crippen molar-refractivity contribution in [3.63, 3.8) is 0 Å². The van der Waals surface area contributed by atoms with Crippen molar-refractivity contribution in [2.45, 2.75) is 44.9 Å². The van der Waals surface area contributed by atoms with Gasteiger partial charge in [0.05, 0.1) is 11.6 Å². The van der Waals surface area contributed by atoms with Crippen molar-refractivity contribution < 1.29 is 32.3 Å². The molecule has 5 atom stereocenters. The number of carbonyl (C=O) groups excluding carboxylic acids is 3. The standard InChI is InChI=1S/C25H28F3N3O4/c1-4-16(11-14-9-10-29-22(14)33)30-23(34)21-20-18(24(20,2)3)12-31(21)19(32)13-35-17-7-5-15(6-8-17)25(26,27)28/h1,5-8,14,16,18,20-21H,9-13H2,2-3H3,(H,29,33)(H,30,34)/t14-,16+,18-,20-,21-/m0/s1. The molecule has 0 spiro atoms. The van der Waals surface area contributed by atoms with Gasteiger partial charge in [0.2, 0.25) is 11.8 Å². The molecule has 2 aliphatic heterocycles. The molecule has 1 aromatic rings. The largest absolute Gasteiger partial charge is 0.484 e. The van der Waals surface area contributed by atoms with Gasteiger partial charge >= 0.3 is 6.18 Å². The quantitative estimate of drug-likeness (QED) is 0.573. The predicted molar refractivity (Wildman–Crippen MR) is 120 cm³/mol. The van der Waals surface area contributed by atoms with Crippen LogP contribution >= 0.6 is 0 Å². The molecule has 1 aliphatic carbocycles. The van der Waals surface area contributed by atoms with Crippen LogP contribution in [0.4, 0.5) is 13.2 Å². The Hall–Kier alpha value is -3.22. The van der Waals surface area contributed by atoms with Crippen molar-refractivity contribution in [3.05, 3.63) is 29.8 Å². The lowest BCUT2D eigenvalue weighted by molar-refractivity contribution is -0.142. The Balaban J connectivity index is 1.39. The van der Waals surface area contributed by atoms with Gasteiger partial charge in [-0.2, -0.15) is 13.2 Å². The number of ether oxygens (including phenoxy) is 1. The van der Waals surface area contributed by atoms with Crippen LogP contribution in [0, 0.1) is 35.5 Å². The summed E-state index contributed by atoms with van der Waals surface area (Å²) in [7, 11) is 0. The van der Waals surface area contributed by atoms with Gasteiger partial charge in [0.15, 0.2) is 6.61 Å². The second-order valence-corrected chi connectivity index (χ2v) is 10.00. The minimum absolute atomic E-state index is 0.0364. The van der Waals surface area contributed by atoms with Gasteiger partial charge in [-0.15, -0.1) is 6.42 Å². The number of benzene rings is 1. The zero-order valence-electron chi connectivity index (χ0n) is 19.5. The van der Waals surface area contributed by atoms with E-state index in [-0.39, 0.29) is 40.7 Å². The number of likely N-dealkylation sites (tertiary alicyclic amines) is 1. The third-order valence-corrected chi connectivity index (χ3v) is 7.54. The first kappa shape index (κ1) is 24.9. The molecule has 0 bridgehead atoms. The maximum atomic E-state index is 13.3. The summed E-state index contributed by atoms with van der Waals surface area (Å²) < 4.78 is 43.6. The number of rotatable bonds is 7. The van der Waals surface area contributed by atoms with E-state index < -0.39 is 36.3 Å². The molecular formula is C25H28F3N3O4. The maximum absolute atomic E-state index is 13.3. The molecule has 2 heterocycles. The van der Waals surface area contributed by atoms with Crippen molar-refractivity contribution in [2.24, 2.45) is 23.2 Å². The second-order valence-electron chi connectivity index (χ2n) is 10.00. The van der Waals surface area contributed by atoms with E-state index in [0.717, 1.165) is 24.3 Å². The van der Waals surface area contributed by atoms with Crippen LogP contribution < -0.4 is 15.4 Å². The number of nitrogens with one attached hydrogen (secondary N) is 2. The molecule has 3 fully saturated rings. The Bertz CT molecular complexity index is 1050. The number of terminal acetylenes is 1. The first-order valence-corrected chi connectivity index (χ1v) is 11.6. The Morgan fingerprint density at radius 2 is 2.00 bits per heavy atom. The minimum Gasteiger partial charge on any atom is -0.484 e. The number of hydrogen-bond acceptors (Lipinski definition) is 4.